The van der Waals surface area contributed by atoms with Gasteiger partial charge in [0.15, 0.2) is 5.82 Å². The Kier molecular flexibility index (Phi) is 4.20. The van der Waals surface area contributed by atoms with E-state index in [1.54, 1.807) is 18.2 Å². The van der Waals surface area contributed by atoms with Gasteiger partial charge in [-0.15, -0.1) is 0 Å². The van der Waals surface area contributed by atoms with Crippen LogP contribution in [0.25, 0.3) is 11.4 Å². The number of benzene rings is 1. The molecule has 1 heterocycles. The van der Waals surface area contributed by atoms with Gasteiger partial charge in [-0.2, -0.15) is 0 Å². The van der Waals surface area contributed by atoms with Gasteiger partial charge in [0.1, 0.15) is 5.82 Å². The molecule has 104 valence electrons. The molecule has 3 N–H and O–H groups in total. The Morgan fingerprint density at radius 1 is 1.40 bits per heavy atom. The van der Waals surface area contributed by atoms with Gasteiger partial charge in [-0.05, 0) is 26.0 Å². The number of carbonyl (C=O) groups is 1. The number of nitrogens with zero attached hydrogens (tertiary/aromatic N) is 2. The minimum Gasteiger partial charge on any atom is -0.383 e. The molecule has 0 atom stereocenters. The highest BCUT2D eigenvalue weighted by Gasteiger charge is 2.14. The summed E-state index contributed by atoms with van der Waals surface area (Å²) in [4.78, 5) is 20.2. The molecular formula is C14H15ClN4O. The van der Waals surface area contributed by atoms with Crippen LogP contribution in [0.2, 0.25) is 5.02 Å². The number of halogens is 1. The van der Waals surface area contributed by atoms with Crippen LogP contribution in [0.15, 0.2) is 30.5 Å². The molecule has 20 heavy (non-hydrogen) atoms. The number of amides is 1. The number of anilines is 1. The summed E-state index contributed by atoms with van der Waals surface area (Å²) in [5.74, 6) is 0.300. The van der Waals surface area contributed by atoms with Crippen molar-refractivity contribution in [1.82, 2.24) is 15.3 Å². The SMILES string of the molecule is CC(C)NC(=O)c1cnc(-c2cccc(Cl)c2)nc1N. The Labute approximate surface area is 122 Å². The zero-order valence-corrected chi connectivity index (χ0v) is 12.0. The standard InChI is InChI=1S/C14H15ClN4O/c1-8(2)18-14(20)11-7-17-13(19-12(11)16)9-4-3-5-10(15)6-9/h3-8H,1-2H3,(H,18,20)(H2,16,17,19). The largest absolute Gasteiger partial charge is 0.383 e. The maximum Gasteiger partial charge on any atom is 0.256 e. The van der Waals surface area contributed by atoms with Crippen LogP contribution in [0.3, 0.4) is 0 Å². The van der Waals surface area contributed by atoms with Crippen molar-refractivity contribution in [3.8, 4) is 11.4 Å². The monoisotopic (exact) mass is 290 g/mol. The van der Waals surface area contributed by atoms with E-state index in [0.717, 1.165) is 5.56 Å². The zero-order chi connectivity index (χ0) is 14.7. The van der Waals surface area contributed by atoms with Crippen molar-refractivity contribution in [2.24, 2.45) is 0 Å². The molecule has 0 fully saturated rings. The van der Waals surface area contributed by atoms with E-state index in [9.17, 15) is 4.79 Å². The highest BCUT2D eigenvalue weighted by atomic mass is 35.5. The van der Waals surface area contributed by atoms with Crippen molar-refractivity contribution in [2.75, 3.05) is 5.73 Å². The average Bonchev–Trinajstić information content (AvgIpc) is 2.37. The molecule has 0 saturated carbocycles. The Morgan fingerprint density at radius 2 is 2.15 bits per heavy atom. The van der Waals surface area contributed by atoms with Crippen LogP contribution in [-0.2, 0) is 0 Å². The summed E-state index contributed by atoms with van der Waals surface area (Å²) in [6.07, 6.45) is 1.43. The third kappa shape index (κ3) is 3.24. The van der Waals surface area contributed by atoms with Crippen LogP contribution >= 0.6 is 11.6 Å². The van der Waals surface area contributed by atoms with E-state index in [-0.39, 0.29) is 23.3 Å². The molecular weight excluding hydrogens is 276 g/mol. The minimum atomic E-state index is -0.282. The predicted octanol–water partition coefficient (Wildman–Crippen LogP) is 2.52. The van der Waals surface area contributed by atoms with Gasteiger partial charge in [0.05, 0.1) is 5.56 Å². The van der Waals surface area contributed by atoms with Crippen LogP contribution in [0.5, 0.6) is 0 Å². The van der Waals surface area contributed by atoms with Crippen molar-refractivity contribution in [3.63, 3.8) is 0 Å². The highest BCUT2D eigenvalue weighted by molar-refractivity contribution is 6.30. The Bertz CT molecular complexity index is 643. The second kappa shape index (κ2) is 5.88. The lowest BCUT2D eigenvalue weighted by Gasteiger charge is -2.10. The Balaban J connectivity index is 2.33. The number of nitrogen functional groups attached to an aromatic ring is 1. The van der Waals surface area contributed by atoms with E-state index in [1.807, 2.05) is 19.9 Å². The molecule has 2 rings (SSSR count). The number of hydrogen-bond donors (Lipinski definition) is 2. The summed E-state index contributed by atoms with van der Waals surface area (Å²) in [5.41, 5.74) is 6.85. The number of aromatic nitrogens is 2. The van der Waals surface area contributed by atoms with Gasteiger partial charge in [0.25, 0.3) is 5.91 Å². The zero-order valence-electron chi connectivity index (χ0n) is 11.2. The first kappa shape index (κ1) is 14.3. The molecule has 1 aromatic heterocycles. The first-order chi connectivity index (χ1) is 9.47. The summed E-state index contributed by atoms with van der Waals surface area (Å²) in [7, 11) is 0. The van der Waals surface area contributed by atoms with Gasteiger partial charge in [0, 0.05) is 22.8 Å². The van der Waals surface area contributed by atoms with Crippen LogP contribution in [-0.4, -0.2) is 21.9 Å². The van der Waals surface area contributed by atoms with Crippen molar-refractivity contribution >= 4 is 23.3 Å². The van der Waals surface area contributed by atoms with Crippen molar-refractivity contribution in [1.29, 1.82) is 0 Å². The van der Waals surface area contributed by atoms with Crippen LogP contribution in [0, 0.1) is 0 Å². The smallest absolute Gasteiger partial charge is 0.256 e. The van der Waals surface area contributed by atoms with Crippen LogP contribution in [0.4, 0.5) is 5.82 Å². The number of rotatable bonds is 3. The molecule has 0 aliphatic carbocycles. The number of nitrogens with one attached hydrogen (secondary N) is 1. The van der Waals surface area contributed by atoms with Crippen molar-refractivity contribution in [3.05, 3.63) is 41.0 Å². The minimum absolute atomic E-state index is 0.0227. The quantitative estimate of drug-likeness (QED) is 0.910. The summed E-state index contributed by atoms with van der Waals surface area (Å²) >= 11 is 5.92. The lowest BCUT2D eigenvalue weighted by atomic mass is 10.2. The van der Waals surface area contributed by atoms with Gasteiger partial charge in [-0.3, -0.25) is 4.79 Å². The molecule has 1 amide bonds. The molecule has 0 aliphatic rings. The third-order valence-electron chi connectivity index (χ3n) is 2.57. The van der Waals surface area contributed by atoms with Crippen LogP contribution < -0.4 is 11.1 Å². The second-order valence-corrected chi connectivity index (χ2v) is 5.07. The lowest BCUT2D eigenvalue weighted by Crippen LogP contribution is -2.31. The fraction of sp³-hybridized carbons (Fsp3) is 0.214. The van der Waals surface area contributed by atoms with Crippen molar-refractivity contribution in [2.45, 2.75) is 19.9 Å². The van der Waals surface area contributed by atoms with Crippen molar-refractivity contribution < 1.29 is 4.79 Å². The predicted molar refractivity (Wildman–Crippen MR) is 79.5 cm³/mol. The Hall–Kier alpha value is -2.14. The molecule has 0 saturated heterocycles. The lowest BCUT2D eigenvalue weighted by molar-refractivity contribution is 0.0943. The summed E-state index contributed by atoms with van der Waals surface area (Å²) in [5, 5.41) is 3.34. The molecule has 0 radical (unpaired) electrons. The van der Waals surface area contributed by atoms with E-state index in [0.29, 0.717) is 10.8 Å². The normalized spacial score (nSPS) is 10.6. The van der Waals surface area contributed by atoms with Gasteiger partial charge >= 0.3 is 0 Å². The molecule has 0 bridgehead atoms. The number of hydrogen-bond acceptors (Lipinski definition) is 4. The van der Waals surface area contributed by atoms with Crippen LogP contribution in [0.1, 0.15) is 24.2 Å². The van der Waals surface area contributed by atoms with Gasteiger partial charge in [-0.25, -0.2) is 9.97 Å². The summed E-state index contributed by atoms with van der Waals surface area (Å²) in [6.45, 7) is 3.74. The topological polar surface area (TPSA) is 80.9 Å². The third-order valence-corrected chi connectivity index (χ3v) is 2.80. The first-order valence-electron chi connectivity index (χ1n) is 6.16. The van der Waals surface area contributed by atoms with E-state index < -0.39 is 0 Å². The first-order valence-corrected chi connectivity index (χ1v) is 6.54. The maximum absolute atomic E-state index is 11.9. The van der Waals surface area contributed by atoms with E-state index in [1.165, 1.54) is 6.20 Å². The molecule has 0 spiro atoms. The summed E-state index contributed by atoms with van der Waals surface area (Å²) < 4.78 is 0. The molecule has 0 unspecified atom stereocenters. The molecule has 5 nitrogen and oxygen atoms in total. The number of nitrogens with two attached hydrogens (primary N) is 1. The fourth-order valence-corrected chi connectivity index (χ4v) is 1.87. The molecule has 2 aromatic rings. The van der Waals surface area contributed by atoms with Gasteiger partial charge < -0.3 is 11.1 Å². The number of carbonyl (C=O) groups excluding carboxylic acids is 1. The maximum atomic E-state index is 11.9. The Morgan fingerprint density at radius 3 is 2.75 bits per heavy atom. The van der Waals surface area contributed by atoms with Gasteiger partial charge in [0.2, 0.25) is 0 Å². The van der Waals surface area contributed by atoms with E-state index >= 15 is 0 Å². The molecule has 1 aromatic carbocycles. The van der Waals surface area contributed by atoms with Gasteiger partial charge in [-0.1, -0.05) is 23.7 Å². The molecule has 6 heteroatoms. The van der Waals surface area contributed by atoms with E-state index in [4.69, 9.17) is 17.3 Å². The summed E-state index contributed by atoms with van der Waals surface area (Å²) in [6, 6.07) is 7.16. The fourth-order valence-electron chi connectivity index (χ4n) is 1.68. The molecule has 0 aliphatic heterocycles. The average molecular weight is 291 g/mol. The highest BCUT2D eigenvalue weighted by Crippen LogP contribution is 2.21. The second-order valence-electron chi connectivity index (χ2n) is 4.63. The van der Waals surface area contributed by atoms with E-state index in [2.05, 4.69) is 15.3 Å².